The molecule has 0 bridgehead atoms. The van der Waals surface area contributed by atoms with Crippen molar-refractivity contribution in [2.45, 2.75) is 25.7 Å². The van der Waals surface area contributed by atoms with Gasteiger partial charge in [0.1, 0.15) is 16.4 Å². The summed E-state index contributed by atoms with van der Waals surface area (Å²) in [5.74, 6) is 0.0893. The van der Waals surface area contributed by atoms with Crippen LogP contribution in [0.5, 0.6) is 0 Å². The number of anilines is 1. The molecule has 7 heteroatoms. The van der Waals surface area contributed by atoms with Gasteiger partial charge in [-0.05, 0) is 32.4 Å². The predicted molar refractivity (Wildman–Crippen MR) is 78.7 cm³/mol. The molecule has 1 aromatic carbocycles. The molecular formula is C14H16N2O4S. The Kier molecular flexibility index (Phi) is 3.78. The van der Waals surface area contributed by atoms with E-state index < -0.39 is 15.9 Å². The van der Waals surface area contributed by atoms with Crippen molar-refractivity contribution >= 4 is 21.6 Å². The summed E-state index contributed by atoms with van der Waals surface area (Å²) in [5, 5.41) is 0. The SMILES string of the molecule is Cc1cc(S(=O)(=O)Nc2cccc(C)c2C(N)=O)c(C)o1. The molecule has 0 radical (unpaired) electrons. The molecule has 0 aliphatic carbocycles. The smallest absolute Gasteiger partial charge is 0.265 e. The number of hydrogen-bond donors (Lipinski definition) is 2. The zero-order valence-electron chi connectivity index (χ0n) is 11.9. The van der Waals surface area contributed by atoms with Crippen molar-refractivity contribution in [3.05, 3.63) is 46.9 Å². The van der Waals surface area contributed by atoms with Gasteiger partial charge in [-0.3, -0.25) is 9.52 Å². The number of rotatable bonds is 4. The summed E-state index contributed by atoms with van der Waals surface area (Å²) in [5.41, 5.74) is 6.22. The second-order valence-electron chi connectivity index (χ2n) is 4.74. The Hall–Kier alpha value is -2.28. The highest BCUT2D eigenvalue weighted by molar-refractivity contribution is 7.92. The Morgan fingerprint density at radius 2 is 1.90 bits per heavy atom. The lowest BCUT2D eigenvalue weighted by Gasteiger charge is -2.12. The summed E-state index contributed by atoms with van der Waals surface area (Å²) in [6, 6.07) is 6.25. The minimum Gasteiger partial charge on any atom is -0.465 e. The van der Waals surface area contributed by atoms with Gasteiger partial charge >= 0.3 is 0 Å². The molecule has 2 rings (SSSR count). The average Bonchev–Trinajstić information content (AvgIpc) is 2.68. The first-order valence-electron chi connectivity index (χ1n) is 6.21. The van der Waals surface area contributed by atoms with Gasteiger partial charge in [0.05, 0.1) is 11.3 Å². The molecule has 0 unspecified atom stereocenters. The summed E-state index contributed by atoms with van der Waals surface area (Å²) in [6.07, 6.45) is 0. The third-order valence-corrected chi connectivity index (χ3v) is 4.52. The number of benzene rings is 1. The van der Waals surface area contributed by atoms with E-state index >= 15 is 0 Å². The Morgan fingerprint density at radius 3 is 2.43 bits per heavy atom. The molecule has 0 saturated heterocycles. The third-order valence-electron chi connectivity index (χ3n) is 3.05. The van der Waals surface area contributed by atoms with Gasteiger partial charge in [-0.2, -0.15) is 0 Å². The number of amides is 1. The standard InChI is InChI=1S/C14H16N2O4S/c1-8-5-4-6-11(13(8)14(15)17)16-21(18,19)12-7-9(2)20-10(12)3/h4-7,16H,1-3H3,(H2,15,17). The number of furan rings is 1. The summed E-state index contributed by atoms with van der Waals surface area (Å²) in [7, 11) is -3.85. The van der Waals surface area contributed by atoms with Crippen LogP contribution in [0.3, 0.4) is 0 Å². The first kappa shape index (κ1) is 15.1. The van der Waals surface area contributed by atoms with Crippen LogP contribution in [0.25, 0.3) is 0 Å². The van der Waals surface area contributed by atoms with Crippen molar-refractivity contribution in [1.82, 2.24) is 0 Å². The first-order chi connectivity index (χ1) is 9.72. The van der Waals surface area contributed by atoms with E-state index in [9.17, 15) is 13.2 Å². The number of carbonyl (C=O) groups is 1. The maximum atomic E-state index is 12.4. The van der Waals surface area contributed by atoms with Crippen LogP contribution in [0.15, 0.2) is 33.6 Å². The van der Waals surface area contributed by atoms with Crippen LogP contribution in [-0.2, 0) is 10.0 Å². The molecule has 6 nitrogen and oxygen atoms in total. The van der Waals surface area contributed by atoms with E-state index in [0.29, 0.717) is 11.3 Å². The van der Waals surface area contributed by atoms with Gasteiger partial charge < -0.3 is 10.2 Å². The van der Waals surface area contributed by atoms with Crippen molar-refractivity contribution in [2.75, 3.05) is 4.72 Å². The fraction of sp³-hybridized carbons (Fsp3) is 0.214. The predicted octanol–water partition coefficient (Wildman–Crippen LogP) is 2.10. The summed E-state index contributed by atoms with van der Waals surface area (Å²) in [6.45, 7) is 4.91. The third kappa shape index (κ3) is 2.92. The van der Waals surface area contributed by atoms with E-state index in [0.717, 1.165) is 0 Å². The van der Waals surface area contributed by atoms with Crippen molar-refractivity contribution in [1.29, 1.82) is 0 Å². The highest BCUT2D eigenvalue weighted by atomic mass is 32.2. The molecular weight excluding hydrogens is 292 g/mol. The van der Waals surface area contributed by atoms with Gasteiger partial charge in [0, 0.05) is 6.07 Å². The number of sulfonamides is 1. The molecule has 0 aliphatic rings. The van der Waals surface area contributed by atoms with Crippen LogP contribution in [0.1, 0.15) is 27.4 Å². The lowest BCUT2D eigenvalue weighted by molar-refractivity contribution is 0.100. The van der Waals surface area contributed by atoms with Crippen LogP contribution in [-0.4, -0.2) is 14.3 Å². The van der Waals surface area contributed by atoms with Crippen LogP contribution < -0.4 is 10.5 Å². The van der Waals surface area contributed by atoms with Gasteiger partial charge in [-0.15, -0.1) is 0 Å². The van der Waals surface area contributed by atoms with E-state index in [1.165, 1.54) is 12.1 Å². The molecule has 0 fully saturated rings. The van der Waals surface area contributed by atoms with Crippen molar-refractivity contribution < 1.29 is 17.6 Å². The molecule has 1 aromatic heterocycles. The maximum Gasteiger partial charge on any atom is 0.265 e. The molecule has 0 aliphatic heterocycles. The number of hydrogen-bond acceptors (Lipinski definition) is 4. The summed E-state index contributed by atoms with van der Waals surface area (Å²) >= 11 is 0. The zero-order chi connectivity index (χ0) is 15.8. The van der Waals surface area contributed by atoms with E-state index in [1.807, 2.05) is 0 Å². The van der Waals surface area contributed by atoms with Gasteiger partial charge in [-0.1, -0.05) is 12.1 Å². The quantitative estimate of drug-likeness (QED) is 0.902. The summed E-state index contributed by atoms with van der Waals surface area (Å²) in [4.78, 5) is 11.5. The van der Waals surface area contributed by atoms with E-state index in [4.69, 9.17) is 10.2 Å². The molecule has 0 saturated carbocycles. The van der Waals surface area contributed by atoms with E-state index in [2.05, 4.69) is 4.72 Å². The normalized spacial score (nSPS) is 11.4. The molecule has 2 aromatic rings. The van der Waals surface area contributed by atoms with Gasteiger partial charge in [0.25, 0.3) is 15.9 Å². The number of carbonyl (C=O) groups excluding carboxylic acids is 1. The number of primary amides is 1. The molecule has 3 N–H and O–H groups in total. The van der Waals surface area contributed by atoms with Crippen molar-refractivity contribution in [3.8, 4) is 0 Å². The number of aryl methyl sites for hydroxylation is 3. The van der Waals surface area contributed by atoms with Crippen LogP contribution in [0.2, 0.25) is 0 Å². The molecule has 112 valence electrons. The summed E-state index contributed by atoms with van der Waals surface area (Å²) < 4.78 is 32.4. The number of nitrogens with two attached hydrogens (primary N) is 1. The fourth-order valence-corrected chi connectivity index (χ4v) is 3.46. The topological polar surface area (TPSA) is 102 Å². The van der Waals surface area contributed by atoms with Crippen LogP contribution in [0, 0.1) is 20.8 Å². The van der Waals surface area contributed by atoms with Gasteiger partial charge in [-0.25, -0.2) is 8.42 Å². The Balaban J connectivity index is 2.50. The van der Waals surface area contributed by atoms with Crippen LogP contribution >= 0.6 is 0 Å². The molecule has 21 heavy (non-hydrogen) atoms. The second-order valence-corrected chi connectivity index (χ2v) is 6.40. The zero-order valence-corrected chi connectivity index (χ0v) is 12.7. The largest absolute Gasteiger partial charge is 0.465 e. The first-order valence-corrected chi connectivity index (χ1v) is 7.70. The Bertz CT molecular complexity index is 806. The van der Waals surface area contributed by atoms with Crippen molar-refractivity contribution in [3.63, 3.8) is 0 Å². The Morgan fingerprint density at radius 1 is 1.24 bits per heavy atom. The van der Waals surface area contributed by atoms with E-state index in [-0.39, 0.29) is 21.9 Å². The second kappa shape index (κ2) is 5.25. The lowest BCUT2D eigenvalue weighted by atomic mass is 10.1. The maximum absolute atomic E-state index is 12.4. The molecule has 0 spiro atoms. The molecule has 1 heterocycles. The minimum absolute atomic E-state index is 0.0388. The average molecular weight is 308 g/mol. The van der Waals surface area contributed by atoms with E-state index in [1.54, 1.807) is 32.9 Å². The van der Waals surface area contributed by atoms with Gasteiger partial charge in [0.15, 0.2) is 0 Å². The highest BCUT2D eigenvalue weighted by Crippen LogP contribution is 2.25. The highest BCUT2D eigenvalue weighted by Gasteiger charge is 2.23. The number of nitrogens with one attached hydrogen (secondary N) is 1. The van der Waals surface area contributed by atoms with Gasteiger partial charge in [0.2, 0.25) is 0 Å². The molecule has 1 amide bonds. The Labute approximate surface area is 123 Å². The minimum atomic E-state index is -3.85. The lowest BCUT2D eigenvalue weighted by Crippen LogP contribution is -2.19. The fourth-order valence-electron chi connectivity index (χ4n) is 2.15. The van der Waals surface area contributed by atoms with Crippen LogP contribution in [0.4, 0.5) is 5.69 Å². The van der Waals surface area contributed by atoms with Crippen molar-refractivity contribution in [2.24, 2.45) is 5.73 Å². The molecule has 0 atom stereocenters. The monoisotopic (exact) mass is 308 g/mol.